The average molecular weight is 528 g/mol. The summed E-state index contributed by atoms with van der Waals surface area (Å²) in [5.41, 5.74) is 8.22. The van der Waals surface area contributed by atoms with Crippen molar-refractivity contribution in [1.82, 2.24) is 9.55 Å². The average Bonchev–Trinajstić information content (AvgIpc) is 3.39. The number of hydrogen-bond acceptors (Lipinski definition) is 4. The van der Waals surface area contributed by atoms with Gasteiger partial charge in [-0.05, 0) is 56.2 Å². The summed E-state index contributed by atoms with van der Waals surface area (Å²) in [7, 11) is 1.56. The highest BCUT2D eigenvalue weighted by atomic mass is 35.5. The Balaban J connectivity index is 1.63. The standard InChI is InChI=1S/C30H26ClN3O4/c1-15(2)33-24(20-11-17(12-26(35)36)32-14-25(20)38-4)13-21-29(33)28-18-9-8-16(3)10-19(18)27-22(31)6-5-7-23(27)34(28)30(21)37/h5-11,13-15,28H,12H2,1-4H3,(H,35,36). The number of benzene rings is 2. The van der Waals surface area contributed by atoms with Gasteiger partial charge in [0.2, 0.25) is 0 Å². The smallest absolute Gasteiger partial charge is 0.309 e. The van der Waals surface area contributed by atoms with Crippen LogP contribution in [0.5, 0.6) is 5.75 Å². The molecule has 0 radical (unpaired) electrons. The molecule has 1 N–H and O–H groups in total. The van der Waals surface area contributed by atoms with Crippen molar-refractivity contribution >= 4 is 29.2 Å². The number of hydrogen-bond donors (Lipinski definition) is 1. The lowest BCUT2D eigenvalue weighted by atomic mass is 9.87. The number of aromatic nitrogens is 2. The highest BCUT2D eigenvalue weighted by Crippen LogP contribution is 2.55. The van der Waals surface area contributed by atoms with Gasteiger partial charge in [0.1, 0.15) is 11.8 Å². The number of pyridine rings is 1. The molecule has 2 aromatic carbocycles. The van der Waals surface area contributed by atoms with Crippen molar-refractivity contribution < 1.29 is 19.4 Å². The minimum Gasteiger partial charge on any atom is -0.494 e. The largest absolute Gasteiger partial charge is 0.494 e. The molecule has 7 nitrogen and oxygen atoms in total. The third-order valence-corrected chi connectivity index (χ3v) is 7.65. The van der Waals surface area contributed by atoms with E-state index in [1.165, 1.54) is 0 Å². The zero-order valence-corrected chi connectivity index (χ0v) is 22.2. The fourth-order valence-corrected chi connectivity index (χ4v) is 6.14. The van der Waals surface area contributed by atoms with Gasteiger partial charge in [-0.1, -0.05) is 41.4 Å². The predicted molar refractivity (Wildman–Crippen MR) is 146 cm³/mol. The number of aliphatic carboxylic acids is 1. The molecule has 0 fully saturated rings. The highest BCUT2D eigenvalue weighted by Gasteiger charge is 2.47. The fraction of sp³-hybridized carbons (Fsp3) is 0.233. The highest BCUT2D eigenvalue weighted by molar-refractivity contribution is 6.35. The third kappa shape index (κ3) is 3.45. The van der Waals surface area contributed by atoms with Gasteiger partial charge in [0.15, 0.2) is 0 Å². The van der Waals surface area contributed by atoms with Gasteiger partial charge in [0.25, 0.3) is 5.91 Å². The molecule has 2 aliphatic heterocycles. The number of carboxylic acids is 1. The Bertz CT molecular complexity index is 1660. The molecular formula is C30H26ClN3O4. The number of carbonyl (C=O) groups excluding carboxylic acids is 1. The second-order valence-corrected chi connectivity index (χ2v) is 10.4. The van der Waals surface area contributed by atoms with Crippen LogP contribution in [0, 0.1) is 6.92 Å². The van der Waals surface area contributed by atoms with E-state index in [0.717, 1.165) is 39.3 Å². The SMILES string of the molecule is COc1cnc(CC(=O)O)cc1-c1cc2c(n1C(C)C)C1c3ccc(C)cc3-c3c(Cl)cccc3N1C2=O. The van der Waals surface area contributed by atoms with Crippen LogP contribution in [0.1, 0.15) is 58.8 Å². The number of fused-ring (bicyclic) bond motifs is 8. The maximum absolute atomic E-state index is 14.1. The molecule has 1 atom stereocenters. The second kappa shape index (κ2) is 8.74. The van der Waals surface area contributed by atoms with E-state index >= 15 is 0 Å². The first kappa shape index (κ1) is 24.2. The Morgan fingerprint density at radius 2 is 1.92 bits per heavy atom. The number of halogens is 1. The van der Waals surface area contributed by atoms with E-state index in [4.69, 9.17) is 16.3 Å². The van der Waals surface area contributed by atoms with Crippen molar-refractivity contribution in [2.75, 3.05) is 12.0 Å². The molecule has 2 aliphatic rings. The maximum Gasteiger partial charge on any atom is 0.309 e. The van der Waals surface area contributed by atoms with Gasteiger partial charge in [-0.15, -0.1) is 0 Å². The summed E-state index contributed by atoms with van der Waals surface area (Å²) < 4.78 is 7.79. The zero-order valence-electron chi connectivity index (χ0n) is 21.4. The monoisotopic (exact) mass is 527 g/mol. The molecule has 1 amide bonds. The van der Waals surface area contributed by atoms with Gasteiger partial charge in [-0.25, -0.2) is 0 Å². The van der Waals surface area contributed by atoms with Crippen LogP contribution in [-0.2, 0) is 11.2 Å². The quantitative estimate of drug-likeness (QED) is 0.322. The molecule has 2 aromatic heterocycles. The first-order valence-electron chi connectivity index (χ1n) is 12.4. The summed E-state index contributed by atoms with van der Waals surface area (Å²) in [5, 5.41) is 9.94. The van der Waals surface area contributed by atoms with Crippen molar-refractivity contribution in [3.8, 4) is 28.1 Å². The molecule has 0 saturated carbocycles. The normalized spacial score (nSPS) is 15.3. The molecule has 38 heavy (non-hydrogen) atoms. The first-order chi connectivity index (χ1) is 18.2. The van der Waals surface area contributed by atoms with Crippen LogP contribution in [-0.4, -0.2) is 33.6 Å². The number of rotatable bonds is 5. The van der Waals surface area contributed by atoms with E-state index in [9.17, 15) is 14.7 Å². The topological polar surface area (TPSA) is 84.7 Å². The minimum atomic E-state index is -0.965. The van der Waals surface area contributed by atoms with Gasteiger partial charge in [0, 0.05) is 17.2 Å². The number of aryl methyl sites for hydroxylation is 1. The van der Waals surface area contributed by atoms with Gasteiger partial charge < -0.3 is 14.4 Å². The van der Waals surface area contributed by atoms with E-state index in [1.54, 1.807) is 19.4 Å². The molecule has 8 heteroatoms. The Morgan fingerprint density at radius 3 is 2.63 bits per heavy atom. The van der Waals surface area contributed by atoms with Gasteiger partial charge >= 0.3 is 5.97 Å². The molecule has 0 aliphatic carbocycles. The number of ether oxygens (including phenoxy) is 1. The van der Waals surface area contributed by atoms with Crippen molar-refractivity contribution in [3.63, 3.8) is 0 Å². The maximum atomic E-state index is 14.1. The summed E-state index contributed by atoms with van der Waals surface area (Å²) in [6.07, 6.45) is 1.33. The Kier molecular flexibility index (Phi) is 5.58. The fourth-order valence-electron chi connectivity index (χ4n) is 5.86. The van der Waals surface area contributed by atoms with Crippen molar-refractivity contribution in [3.05, 3.63) is 87.8 Å². The first-order valence-corrected chi connectivity index (χ1v) is 12.8. The van der Waals surface area contributed by atoms with Gasteiger partial charge in [-0.2, -0.15) is 0 Å². The number of anilines is 1. The molecule has 4 aromatic rings. The molecule has 1 unspecified atom stereocenters. The third-order valence-electron chi connectivity index (χ3n) is 7.34. The van der Waals surface area contributed by atoms with Crippen LogP contribution in [0.4, 0.5) is 5.69 Å². The number of carbonyl (C=O) groups is 2. The summed E-state index contributed by atoms with van der Waals surface area (Å²) in [5.74, 6) is -0.551. The van der Waals surface area contributed by atoms with Crippen LogP contribution in [0.25, 0.3) is 22.4 Å². The number of nitrogens with zero attached hydrogens (tertiary/aromatic N) is 3. The van der Waals surface area contributed by atoms with Crippen molar-refractivity contribution in [2.45, 2.75) is 39.3 Å². The molecule has 0 spiro atoms. The number of amides is 1. The van der Waals surface area contributed by atoms with E-state index in [-0.39, 0.29) is 24.4 Å². The van der Waals surface area contributed by atoms with Crippen LogP contribution in [0.3, 0.4) is 0 Å². The summed E-state index contributed by atoms with van der Waals surface area (Å²) in [6.45, 7) is 6.20. The summed E-state index contributed by atoms with van der Waals surface area (Å²) in [6, 6.07) is 15.3. The zero-order chi connectivity index (χ0) is 26.9. The van der Waals surface area contributed by atoms with E-state index in [1.807, 2.05) is 36.1 Å². The van der Waals surface area contributed by atoms with Crippen molar-refractivity contribution in [1.29, 1.82) is 0 Å². The molecule has 0 saturated heterocycles. The molecule has 0 bridgehead atoms. The lowest BCUT2D eigenvalue weighted by Crippen LogP contribution is -2.33. The molecule has 6 rings (SSSR count). The lowest BCUT2D eigenvalue weighted by Gasteiger charge is -2.36. The van der Waals surface area contributed by atoms with Gasteiger partial charge in [0.05, 0.1) is 53.1 Å². The second-order valence-electron chi connectivity index (χ2n) is 10.0. The predicted octanol–water partition coefficient (Wildman–Crippen LogP) is 6.46. The summed E-state index contributed by atoms with van der Waals surface area (Å²) in [4.78, 5) is 31.6. The molecular weight excluding hydrogens is 502 g/mol. The lowest BCUT2D eigenvalue weighted by molar-refractivity contribution is -0.136. The van der Waals surface area contributed by atoms with Gasteiger partial charge in [-0.3, -0.25) is 19.5 Å². The number of carboxylic acid groups (broad SMARTS) is 1. The molecule has 192 valence electrons. The Labute approximate surface area is 225 Å². The van der Waals surface area contributed by atoms with E-state index in [0.29, 0.717) is 27.6 Å². The summed E-state index contributed by atoms with van der Waals surface area (Å²) >= 11 is 6.71. The van der Waals surface area contributed by atoms with Crippen LogP contribution in [0.2, 0.25) is 5.02 Å². The van der Waals surface area contributed by atoms with E-state index in [2.05, 4.69) is 41.6 Å². The number of methoxy groups -OCH3 is 1. The van der Waals surface area contributed by atoms with Crippen LogP contribution < -0.4 is 9.64 Å². The Morgan fingerprint density at radius 1 is 1.13 bits per heavy atom. The van der Waals surface area contributed by atoms with Crippen molar-refractivity contribution in [2.24, 2.45) is 0 Å². The van der Waals surface area contributed by atoms with E-state index < -0.39 is 5.97 Å². The molecule has 4 heterocycles. The minimum absolute atomic E-state index is 0.00282. The van der Waals surface area contributed by atoms with Crippen LogP contribution in [0.15, 0.2) is 54.7 Å². The Hall–Kier alpha value is -4.10. The van der Waals surface area contributed by atoms with Crippen LogP contribution >= 0.6 is 11.6 Å².